The van der Waals surface area contributed by atoms with Gasteiger partial charge in [0.15, 0.2) is 0 Å². The van der Waals surface area contributed by atoms with E-state index in [4.69, 9.17) is 16.3 Å². The van der Waals surface area contributed by atoms with E-state index in [1.165, 1.54) is 11.1 Å². The van der Waals surface area contributed by atoms with Crippen molar-refractivity contribution in [2.75, 3.05) is 13.7 Å². The van der Waals surface area contributed by atoms with Gasteiger partial charge in [-0.2, -0.15) is 0 Å². The zero-order valence-corrected chi connectivity index (χ0v) is 14.8. The molecule has 1 atom stereocenters. The molecule has 4 heteroatoms. The van der Waals surface area contributed by atoms with Gasteiger partial charge in [-0.05, 0) is 49.4 Å². The second kappa shape index (κ2) is 6.82. The maximum Gasteiger partial charge on any atom is 0.127 e. The first kappa shape index (κ1) is 16.3. The molecule has 2 nitrogen and oxygen atoms in total. The molecule has 0 amide bonds. The van der Waals surface area contributed by atoms with E-state index in [1.54, 1.807) is 18.4 Å². The number of hydrogen-bond acceptors (Lipinski definition) is 3. The largest absolute Gasteiger partial charge is 0.496 e. The minimum atomic E-state index is 0.0652. The van der Waals surface area contributed by atoms with Crippen LogP contribution in [0.5, 0.6) is 5.75 Å². The minimum Gasteiger partial charge on any atom is -0.496 e. The Kier molecular flexibility index (Phi) is 5.31. The molecule has 0 bridgehead atoms. The second-order valence-corrected chi connectivity index (χ2v) is 6.51. The SMILES string of the molecule is CCNC(c1ccc(C)c(C)c1OC)c1scc(C)c1Cl. The first-order chi connectivity index (χ1) is 10.0. The highest BCUT2D eigenvalue weighted by Gasteiger charge is 2.23. The summed E-state index contributed by atoms with van der Waals surface area (Å²) >= 11 is 8.18. The minimum absolute atomic E-state index is 0.0652. The van der Waals surface area contributed by atoms with Crippen LogP contribution < -0.4 is 10.1 Å². The fourth-order valence-electron chi connectivity index (χ4n) is 2.50. The Morgan fingerprint density at radius 2 is 1.95 bits per heavy atom. The third-order valence-corrected chi connectivity index (χ3v) is 5.60. The Bertz CT molecular complexity index is 636. The Balaban J connectivity index is 2.58. The van der Waals surface area contributed by atoms with Gasteiger partial charge in [0.2, 0.25) is 0 Å². The molecule has 0 aliphatic carbocycles. The Morgan fingerprint density at radius 3 is 2.48 bits per heavy atom. The van der Waals surface area contributed by atoms with Crippen molar-refractivity contribution in [1.82, 2.24) is 5.32 Å². The van der Waals surface area contributed by atoms with Crippen LogP contribution in [0.25, 0.3) is 0 Å². The van der Waals surface area contributed by atoms with E-state index in [0.717, 1.165) is 33.3 Å². The molecule has 0 aliphatic heterocycles. The van der Waals surface area contributed by atoms with Gasteiger partial charge < -0.3 is 10.1 Å². The summed E-state index contributed by atoms with van der Waals surface area (Å²) in [7, 11) is 1.73. The second-order valence-electron chi connectivity index (χ2n) is 5.22. The van der Waals surface area contributed by atoms with Crippen LogP contribution in [-0.4, -0.2) is 13.7 Å². The number of hydrogen-bond donors (Lipinski definition) is 1. The standard InChI is InChI=1S/C17H22ClNOS/c1-6-19-15(17-14(18)11(3)9-21-17)13-8-7-10(2)12(4)16(13)20-5/h7-9,15,19H,6H2,1-5H3. The van der Waals surface area contributed by atoms with E-state index in [1.807, 2.05) is 6.92 Å². The molecule has 0 spiro atoms. The van der Waals surface area contributed by atoms with E-state index in [9.17, 15) is 0 Å². The van der Waals surface area contributed by atoms with Crippen molar-refractivity contribution in [3.05, 3.63) is 49.7 Å². The Labute approximate surface area is 136 Å². The highest BCUT2D eigenvalue weighted by Crippen LogP contribution is 2.40. The fraction of sp³-hybridized carbons (Fsp3) is 0.412. The molecule has 0 fully saturated rings. The van der Waals surface area contributed by atoms with E-state index in [-0.39, 0.29) is 6.04 Å². The van der Waals surface area contributed by atoms with Gasteiger partial charge in [0, 0.05) is 10.4 Å². The van der Waals surface area contributed by atoms with Crippen LogP contribution in [0.4, 0.5) is 0 Å². The van der Waals surface area contributed by atoms with E-state index >= 15 is 0 Å². The summed E-state index contributed by atoms with van der Waals surface area (Å²) in [5.41, 5.74) is 4.69. The van der Waals surface area contributed by atoms with Crippen molar-refractivity contribution >= 4 is 22.9 Å². The van der Waals surface area contributed by atoms with Crippen molar-refractivity contribution in [3.63, 3.8) is 0 Å². The molecule has 0 radical (unpaired) electrons. The van der Waals surface area contributed by atoms with Gasteiger partial charge >= 0.3 is 0 Å². The van der Waals surface area contributed by atoms with Crippen LogP contribution in [-0.2, 0) is 0 Å². The zero-order chi connectivity index (χ0) is 15.6. The van der Waals surface area contributed by atoms with Crippen LogP contribution >= 0.6 is 22.9 Å². The van der Waals surface area contributed by atoms with Gasteiger partial charge in [0.1, 0.15) is 5.75 Å². The first-order valence-electron chi connectivity index (χ1n) is 7.12. The summed E-state index contributed by atoms with van der Waals surface area (Å²) < 4.78 is 5.67. The molecular weight excluding hydrogens is 302 g/mol. The molecule has 2 rings (SSSR count). The lowest BCUT2D eigenvalue weighted by Crippen LogP contribution is -2.22. The molecule has 0 saturated carbocycles. The lowest BCUT2D eigenvalue weighted by molar-refractivity contribution is 0.401. The van der Waals surface area contributed by atoms with Crippen LogP contribution in [0.3, 0.4) is 0 Å². The summed E-state index contributed by atoms with van der Waals surface area (Å²) in [6, 6.07) is 4.35. The quantitative estimate of drug-likeness (QED) is 0.832. The number of halogens is 1. The van der Waals surface area contributed by atoms with E-state index in [0.29, 0.717) is 0 Å². The van der Waals surface area contributed by atoms with Gasteiger partial charge in [-0.3, -0.25) is 0 Å². The number of ether oxygens (including phenoxy) is 1. The van der Waals surface area contributed by atoms with Crippen molar-refractivity contribution in [3.8, 4) is 5.75 Å². The van der Waals surface area contributed by atoms with Gasteiger partial charge in [0.25, 0.3) is 0 Å². The number of methoxy groups -OCH3 is 1. The zero-order valence-electron chi connectivity index (χ0n) is 13.2. The predicted molar refractivity (Wildman–Crippen MR) is 92.1 cm³/mol. The number of nitrogens with one attached hydrogen (secondary N) is 1. The van der Waals surface area contributed by atoms with Gasteiger partial charge in [-0.25, -0.2) is 0 Å². The smallest absolute Gasteiger partial charge is 0.127 e. The fourth-order valence-corrected chi connectivity index (χ4v) is 3.90. The van der Waals surface area contributed by atoms with Crippen molar-refractivity contribution < 1.29 is 4.74 Å². The van der Waals surface area contributed by atoms with Gasteiger partial charge in [-0.1, -0.05) is 30.7 Å². The average Bonchev–Trinajstić information content (AvgIpc) is 2.80. The number of thiophene rings is 1. The van der Waals surface area contributed by atoms with Gasteiger partial charge in [0.05, 0.1) is 18.2 Å². The normalized spacial score (nSPS) is 12.5. The highest BCUT2D eigenvalue weighted by atomic mass is 35.5. The molecular formula is C17H22ClNOS. The maximum absolute atomic E-state index is 6.49. The third-order valence-electron chi connectivity index (χ3n) is 3.82. The summed E-state index contributed by atoms with van der Waals surface area (Å²) in [5, 5.41) is 6.50. The van der Waals surface area contributed by atoms with Crippen LogP contribution in [0.15, 0.2) is 17.5 Å². The summed E-state index contributed by atoms with van der Waals surface area (Å²) in [5.74, 6) is 0.947. The van der Waals surface area contributed by atoms with Crippen molar-refractivity contribution in [2.45, 2.75) is 33.7 Å². The van der Waals surface area contributed by atoms with Crippen molar-refractivity contribution in [2.24, 2.45) is 0 Å². The summed E-state index contributed by atoms with van der Waals surface area (Å²) in [6.45, 7) is 9.22. The number of benzene rings is 1. The Morgan fingerprint density at radius 1 is 1.24 bits per heavy atom. The lowest BCUT2D eigenvalue weighted by Gasteiger charge is -2.22. The molecule has 0 saturated heterocycles. The topological polar surface area (TPSA) is 21.3 Å². The van der Waals surface area contributed by atoms with Crippen LogP contribution in [0.1, 0.15) is 40.1 Å². The highest BCUT2D eigenvalue weighted by molar-refractivity contribution is 7.10. The van der Waals surface area contributed by atoms with E-state index < -0.39 is 0 Å². The number of rotatable bonds is 5. The molecule has 1 heterocycles. The summed E-state index contributed by atoms with van der Waals surface area (Å²) in [4.78, 5) is 1.15. The average molecular weight is 324 g/mol. The molecule has 1 N–H and O–H groups in total. The molecule has 114 valence electrons. The molecule has 0 aliphatic rings. The molecule has 2 aromatic rings. The van der Waals surface area contributed by atoms with E-state index in [2.05, 4.69) is 43.6 Å². The Hall–Kier alpha value is -1.03. The molecule has 1 unspecified atom stereocenters. The summed E-state index contributed by atoms with van der Waals surface area (Å²) in [6.07, 6.45) is 0. The molecule has 1 aromatic heterocycles. The number of aryl methyl sites for hydroxylation is 2. The van der Waals surface area contributed by atoms with Crippen molar-refractivity contribution in [1.29, 1.82) is 0 Å². The molecule has 21 heavy (non-hydrogen) atoms. The van der Waals surface area contributed by atoms with Crippen LogP contribution in [0.2, 0.25) is 5.02 Å². The maximum atomic E-state index is 6.49. The predicted octanol–water partition coefficient (Wildman–Crippen LogP) is 5.03. The lowest BCUT2D eigenvalue weighted by atomic mass is 9.97. The third kappa shape index (κ3) is 3.10. The van der Waals surface area contributed by atoms with Crippen LogP contribution in [0, 0.1) is 20.8 Å². The first-order valence-corrected chi connectivity index (χ1v) is 8.37. The monoisotopic (exact) mass is 323 g/mol. The molecule has 1 aromatic carbocycles. The van der Waals surface area contributed by atoms with Gasteiger partial charge in [-0.15, -0.1) is 11.3 Å².